The number of hydrogen-bond donors (Lipinski definition) is 1. The highest BCUT2D eigenvalue weighted by atomic mass is 32.1. The van der Waals surface area contributed by atoms with Crippen LogP contribution in [0.15, 0.2) is 41.8 Å². The molecule has 5 nitrogen and oxygen atoms in total. The second kappa shape index (κ2) is 8.08. The van der Waals surface area contributed by atoms with Gasteiger partial charge in [0.05, 0.1) is 17.7 Å². The summed E-state index contributed by atoms with van der Waals surface area (Å²) in [6.45, 7) is 5.96. The van der Waals surface area contributed by atoms with Gasteiger partial charge < -0.3 is 10.2 Å². The molecule has 1 N–H and O–H groups in total. The van der Waals surface area contributed by atoms with E-state index in [0.29, 0.717) is 18.0 Å². The molecule has 0 aliphatic carbocycles. The second-order valence-corrected chi connectivity index (χ2v) is 9.54. The maximum absolute atomic E-state index is 13.3. The van der Waals surface area contributed by atoms with E-state index in [1.807, 2.05) is 62.5 Å². The predicted octanol–water partition coefficient (Wildman–Crippen LogP) is 5.25. The van der Waals surface area contributed by atoms with Crippen molar-refractivity contribution >= 4 is 45.3 Å². The SMILES string of the molecule is Cc1ccc(N2C(=O)CCC(C(=O)Nc3nc(C)c(C)s3)C2c2cccs2)cc1. The maximum atomic E-state index is 13.3. The first-order valence-corrected chi connectivity index (χ1v) is 11.3. The van der Waals surface area contributed by atoms with Crippen molar-refractivity contribution in [3.05, 3.63) is 62.8 Å². The zero-order valence-electron chi connectivity index (χ0n) is 16.6. The van der Waals surface area contributed by atoms with E-state index in [-0.39, 0.29) is 23.8 Å². The summed E-state index contributed by atoms with van der Waals surface area (Å²) in [6.07, 6.45) is 0.878. The number of thiazole rings is 1. The molecule has 2 atom stereocenters. The third-order valence-corrected chi connectivity index (χ3v) is 7.27. The van der Waals surface area contributed by atoms with Gasteiger partial charge in [-0.25, -0.2) is 4.98 Å². The molecular formula is C22H23N3O2S2. The summed E-state index contributed by atoms with van der Waals surface area (Å²) in [5.41, 5.74) is 2.90. The van der Waals surface area contributed by atoms with Crippen molar-refractivity contribution in [3.8, 4) is 0 Å². The van der Waals surface area contributed by atoms with Gasteiger partial charge in [-0.05, 0) is 50.8 Å². The molecule has 2 aromatic heterocycles. The Bertz CT molecular complexity index is 1010. The first-order chi connectivity index (χ1) is 13.9. The molecular weight excluding hydrogens is 402 g/mol. The first kappa shape index (κ1) is 19.8. The monoisotopic (exact) mass is 425 g/mol. The third-order valence-electron chi connectivity index (χ3n) is 5.34. The highest BCUT2D eigenvalue weighted by molar-refractivity contribution is 7.15. The minimum atomic E-state index is -0.336. The Morgan fingerprint density at radius 3 is 2.55 bits per heavy atom. The molecule has 2 unspecified atom stereocenters. The van der Waals surface area contributed by atoms with Gasteiger partial charge in [0.1, 0.15) is 0 Å². The Labute approximate surface area is 178 Å². The lowest BCUT2D eigenvalue weighted by atomic mass is 9.86. The molecule has 3 heterocycles. The number of nitrogens with zero attached hydrogens (tertiary/aromatic N) is 2. The van der Waals surface area contributed by atoms with E-state index >= 15 is 0 Å². The number of piperidine rings is 1. The number of hydrogen-bond acceptors (Lipinski definition) is 5. The predicted molar refractivity (Wildman–Crippen MR) is 119 cm³/mol. The highest BCUT2D eigenvalue weighted by Crippen LogP contribution is 2.42. The molecule has 2 amide bonds. The molecule has 0 saturated carbocycles. The Kier molecular flexibility index (Phi) is 5.52. The number of aryl methyl sites for hydroxylation is 3. The lowest BCUT2D eigenvalue weighted by Gasteiger charge is -2.40. The molecule has 1 fully saturated rings. The molecule has 1 aromatic carbocycles. The minimum Gasteiger partial charge on any atom is -0.303 e. The lowest BCUT2D eigenvalue weighted by Crippen LogP contribution is -2.46. The summed E-state index contributed by atoms with van der Waals surface area (Å²) in [6, 6.07) is 11.6. The van der Waals surface area contributed by atoms with Crippen LogP contribution < -0.4 is 10.2 Å². The van der Waals surface area contributed by atoms with E-state index in [9.17, 15) is 9.59 Å². The molecule has 150 valence electrons. The van der Waals surface area contributed by atoms with Crippen LogP contribution in [0.3, 0.4) is 0 Å². The van der Waals surface area contributed by atoms with E-state index in [2.05, 4.69) is 10.3 Å². The van der Waals surface area contributed by atoms with Crippen LogP contribution in [0.4, 0.5) is 10.8 Å². The fourth-order valence-corrected chi connectivity index (χ4v) is 5.38. The summed E-state index contributed by atoms with van der Waals surface area (Å²) < 4.78 is 0. The van der Waals surface area contributed by atoms with Gasteiger partial charge in [0.25, 0.3) is 0 Å². The van der Waals surface area contributed by atoms with Crippen molar-refractivity contribution in [1.82, 2.24) is 4.98 Å². The quantitative estimate of drug-likeness (QED) is 0.621. The summed E-state index contributed by atoms with van der Waals surface area (Å²) in [5.74, 6) is -0.365. The van der Waals surface area contributed by atoms with Crippen molar-refractivity contribution in [1.29, 1.82) is 0 Å². The Morgan fingerprint density at radius 1 is 1.17 bits per heavy atom. The Hall–Kier alpha value is -2.51. The van der Waals surface area contributed by atoms with Crippen LogP contribution in [-0.4, -0.2) is 16.8 Å². The molecule has 1 saturated heterocycles. The number of thiophene rings is 1. The average Bonchev–Trinajstić information content (AvgIpc) is 3.32. The number of rotatable bonds is 4. The van der Waals surface area contributed by atoms with E-state index in [0.717, 1.165) is 26.7 Å². The molecule has 7 heteroatoms. The van der Waals surface area contributed by atoms with Crippen LogP contribution in [0.25, 0.3) is 0 Å². The van der Waals surface area contributed by atoms with Crippen molar-refractivity contribution in [2.45, 2.75) is 39.7 Å². The average molecular weight is 426 g/mol. The van der Waals surface area contributed by atoms with Gasteiger partial charge >= 0.3 is 0 Å². The van der Waals surface area contributed by atoms with Crippen LogP contribution in [0.5, 0.6) is 0 Å². The van der Waals surface area contributed by atoms with Gasteiger partial charge in [-0.3, -0.25) is 9.59 Å². The van der Waals surface area contributed by atoms with E-state index in [1.165, 1.54) is 11.3 Å². The molecule has 0 bridgehead atoms. The Balaban J connectivity index is 1.69. The lowest BCUT2D eigenvalue weighted by molar-refractivity contribution is -0.125. The van der Waals surface area contributed by atoms with Crippen LogP contribution >= 0.6 is 22.7 Å². The summed E-state index contributed by atoms with van der Waals surface area (Å²) >= 11 is 3.06. The van der Waals surface area contributed by atoms with Gasteiger partial charge in [0.2, 0.25) is 11.8 Å². The summed E-state index contributed by atoms with van der Waals surface area (Å²) in [4.78, 5) is 34.6. The van der Waals surface area contributed by atoms with Crippen LogP contribution in [0.1, 0.15) is 39.9 Å². The summed E-state index contributed by atoms with van der Waals surface area (Å²) in [5, 5.41) is 5.61. The number of nitrogens with one attached hydrogen (secondary N) is 1. The number of carbonyl (C=O) groups is 2. The van der Waals surface area contributed by atoms with Crippen molar-refractivity contribution in [2.75, 3.05) is 10.2 Å². The van der Waals surface area contributed by atoms with E-state index in [1.54, 1.807) is 16.2 Å². The van der Waals surface area contributed by atoms with E-state index < -0.39 is 0 Å². The van der Waals surface area contributed by atoms with Crippen molar-refractivity contribution < 1.29 is 9.59 Å². The zero-order valence-corrected chi connectivity index (χ0v) is 18.3. The number of carbonyl (C=O) groups excluding carboxylic acids is 2. The first-order valence-electron chi connectivity index (χ1n) is 9.61. The van der Waals surface area contributed by atoms with Crippen LogP contribution in [0, 0.1) is 26.7 Å². The molecule has 1 aliphatic heterocycles. The van der Waals surface area contributed by atoms with Gasteiger partial charge in [0.15, 0.2) is 5.13 Å². The smallest absolute Gasteiger partial charge is 0.231 e. The topological polar surface area (TPSA) is 62.3 Å². The Morgan fingerprint density at radius 2 is 1.93 bits per heavy atom. The molecule has 1 aliphatic rings. The van der Waals surface area contributed by atoms with Gasteiger partial charge in [0, 0.05) is 21.9 Å². The van der Waals surface area contributed by atoms with Crippen LogP contribution in [0.2, 0.25) is 0 Å². The molecule has 3 aromatic rings. The number of anilines is 2. The van der Waals surface area contributed by atoms with Gasteiger partial charge in [-0.2, -0.15) is 0 Å². The molecule has 0 spiro atoms. The van der Waals surface area contributed by atoms with Gasteiger partial charge in [-0.15, -0.1) is 22.7 Å². The zero-order chi connectivity index (χ0) is 20.5. The maximum Gasteiger partial charge on any atom is 0.231 e. The largest absolute Gasteiger partial charge is 0.303 e. The molecule has 29 heavy (non-hydrogen) atoms. The fourth-order valence-electron chi connectivity index (χ4n) is 3.69. The number of benzene rings is 1. The highest BCUT2D eigenvalue weighted by Gasteiger charge is 2.42. The molecule has 0 radical (unpaired) electrons. The minimum absolute atomic E-state index is 0.0530. The fraction of sp³-hybridized carbons (Fsp3) is 0.318. The van der Waals surface area contributed by atoms with Crippen LogP contribution in [-0.2, 0) is 9.59 Å². The molecule has 4 rings (SSSR count). The standard InChI is InChI=1S/C22H23N3O2S2/c1-13-6-8-16(9-7-13)25-19(26)11-10-17(20(25)18-5-4-12-28-18)21(27)24-22-23-14(2)15(3)29-22/h4-9,12,17,20H,10-11H2,1-3H3,(H,23,24,27). The van der Waals surface area contributed by atoms with Crippen molar-refractivity contribution in [3.63, 3.8) is 0 Å². The van der Waals surface area contributed by atoms with E-state index in [4.69, 9.17) is 0 Å². The number of aromatic nitrogens is 1. The number of amides is 2. The normalized spacial score (nSPS) is 19.4. The summed E-state index contributed by atoms with van der Waals surface area (Å²) in [7, 11) is 0. The van der Waals surface area contributed by atoms with Gasteiger partial charge in [-0.1, -0.05) is 23.8 Å². The third kappa shape index (κ3) is 3.97. The van der Waals surface area contributed by atoms with Crippen molar-refractivity contribution in [2.24, 2.45) is 5.92 Å². The second-order valence-electron chi connectivity index (χ2n) is 7.35.